The number of rotatable bonds is 4. The fraction of sp³-hybridized carbons (Fsp3) is 0.500. The Morgan fingerprint density at radius 2 is 2.14 bits per heavy atom. The van der Waals surface area contributed by atoms with E-state index in [1.54, 1.807) is 0 Å². The molecule has 0 aromatic carbocycles. The quantitative estimate of drug-likeness (QED) is 0.864. The average Bonchev–Trinajstić information content (AvgIpc) is 2.34. The van der Waals surface area contributed by atoms with Gasteiger partial charge in [-0.25, -0.2) is 14.2 Å². The zero-order chi connectivity index (χ0) is 15.8. The van der Waals surface area contributed by atoms with Crippen molar-refractivity contribution in [3.8, 4) is 5.75 Å². The fourth-order valence-electron chi connectivity index (χ4n) is 1.68. The lowest BCUT2D eigenvalue weighted by molar-refractivity contribution is -0.190. The minimum atomic E-state index is -4.66. The molecule has 0 saturated carbocycles. The van der Waals surface area contributed by atoms with E-state index in [2.05, 4.69) is 4.98 Å². The Morgan fingerprint density at radius 3 is 2.57 bits per heavy atom. The predicted molar refractivity (Wildman–Crippen MR) is 60.9 cm³/mol. The Hall–Kier alpha value is -1.90. The van der Waals surface area contributed by atoms with Gasteiger partial charge in [-0.05, 0) is 6.92 Å². The molecule has 1 aliphatic heterocycles. The third kappa shape index (κ3) is 3.07. The van der Waals surface area contributed by atoms with Crippen LogP contribution >= 0.6 is 0 Å². The number of carbonyl (C=O) groups is 1. The van der Waals surface area contributed by atoms with Gasteiger partial charge < -0.3 is 14.6 Å². The van der Waals surface area contributed by atoms with Crippen LogP contribution in [-0.4, -0.2) is 41.6 Å². The van der Waals surface area contributed by atoms with Crippen LogP contribution in [0.1, 0.15) is 23.0 Å². The lowest BCUT2D eigenvalue weighted by Crippen LogP contribution is -2.43. The van der Waals surface area contributed by atoms with Crippen LogP contribution in [0.2, 0.25) is 0 Å². The minimum absolute atomic E-state index is 0.255. The minimum Gasteiger partial charge on any atom is -0.481 e. The molecule has 0 bridgehead atoms. The van der Waals surface area contributed by atoms with Crippen LogP contribution in [0.25, 0.3) is 0 Å². The molecule has 9 heteroatoms. The lowest BCUT2D eigenvalue weighted by Gasteiger charge is -2.35. The molecule has 0 radical (unpaired) electrons. The van der Waals surface area contributed by atoms with Crippen molar-refractivity contribution in [2.24, 2.45) is 0 Å². The van der Waals surface area contributed by atoms with E-state index >= 15 is 0 Å². The molecule has 1 N–H and O–H groups in total. The van der Waals surface area contributed by atoms with Gasteiger partial charge in [0.15, 0.2) is 17.5 Å². The average molecular weight is 309 g/mol. The summed E-state index contributed by atoms with van der Waals surface area (Å²) in [5, 5.41) is 8.81. The normalized spacial score (nSPS) is 18.7. The van der Waals surface area contributed by atoms with Crippen LogP contribution in [0.15, 0.2) is 12.3 Å². The van der Waals surface area contributed by atoms with Gasteiger partial charge in [0.2, 0.25) is 0 Å². The van der Waals surface area contributed by atoms with Crippen molar-refractivity contribution in [2.45, 2.75) is 24.9 Å². The van der Waals surface area contributed by atoms with Gasteiger partial charge in [-0.15, -0.1) is 0 Å². The maximum atomic E-state index is 14.3. The Bertz CT molecular complexity index is 557. The van der Waals surface area contributed by atoms with E-state index in [0.29, 0.717) is 0 Å². The molecule has 5 nitrogen and oxygen atoms in total. The van der Waals surface area contributed by atoms with Gasteiger partial charge in [-0.1, -0.05) is 0 Å². The van der Waals surface area contributed by atoms with Gasteiger partial charge in [0.05, 0.1) is 18.8 Å². The van der Waals surface area contributed by atoms with Gasteiger partial charge in [-0.3, -0.25) is 0 Å². The van der Waals surface area contributed by atoms with Gasteiger partial charge in [0.1, 0.15) is 5.75 Å². The van der Waals surface area contributed by atoms with Crippen LogP contribution in [0.4, 0.5) is 17.6 Å². The van der Waals surface area contributed by atoms with Crippen molar-refractivity contribution in [2.75, 3.05) is 13.2 Å². The number of halogens is 4. The van der Waals surface area contributed by atoms with Gasteiger partial charge in [0.25, 0.3) is 0 Å². The molecular weight excluding hydrogens is 298 g/mol. The molecule has 1 aromatic heterocycles. The van der Waals surface area contributed by atoms with Crippen molar-refractivity contribution in [3.63, 3.8) is 0 Å². The number of aromatic nitrogens is 1. The molecular formula is C12H11F4NO4. The SMILES string of the molecule is CC(Oc1cc(C(=O)O)ncc1C1(F)COC1)C(F)(F)F. The van der Waals surface area contributed by atoms with E-state index in [1.807, 2.05) is 0 Å². The van der Waals surface area contributed by atoms with E-state index in [-0.39, 0.29) is 18.8 Å². The van der Waals surface area contributed by atoms with Crippen LogP contribution in [0.3, 0.4) is 0 Å². The number of hydrogen-bond acceptors (Lipinski definition) is 4. The highest BCUT2D eigenvalue weighted by atomic mass is 19.4. The van der Waals surface area contributed by atoms with Crippen molar-refractivity contribution in [1.82, 2.24) is 4.98 Å². The molecule has 2 rings (SSSR count). The maximum Gasteiger partial charge on any atom is 0.425 e. The first-order chi connectivity index (χ1) is 9.63. The summed E-state index contributed by atoms with van der Waals surface area (Å²) in [7, 11) is 0. The van der Waals surface area contributed by atoms with E-state index in [0.717, 1.165) is 19.2 Å². The third-order valence-electron chi connectivity index (χ3n) is 2.99. The molecule has 1 unspecified atom stereocenters. The highest BCUT2D eigenvalue weighted by molar-refractivity contribution is 5.85. The summed E-state index contributed by atoms with van der Waals surface area (Å²) in [6.07, 6.45) is -6.02. The molecule has 1 aliphatic rings. The first-order valence-electron chi connectivity index (χ1n) is 5.87. The first kappa shape index (κ1) is 15.5. The zero-order valence-corrected chi connectivity index (χ0v) is 10.8. The number of pyridine rings is 1. The van der Waals surface area contributed by atoms with Crippen molar-refractivity contribution >= 4 is 5.97 Å². The van der Waals surface area contributed by atoms with E-state index in [1.165, 1.54) is 0 Å². The van der Waals surface area contributed by atoms with Crippen molar-refractivity contribution in [3.05, 3.63) is 23.5 Å². The van der Waals surface area contributed by atoms with Gasteiger partial charge in [-0.2, -0.15) is 13.2 Å². The molecule has 1 atom stereocenters. The smallest absolute Gasteiger partial charge is 0.425 e. The van der Waals surface area contributed by atoms with Crippen LogP contribution in [0.5, 0.6) is 5.75 Å². The largest absolute Gasteiger partial charge is 0.481 e. The Morgan fingerprint density at radius 1 is 1.52 bits per heavy atom. The van der Waals surface area contributed by atoms with Crippen LogP contribution in [0, 0.1) is 0 Å². The fourth-order valence-corrected chi connectivity index (χ4v) is 1.68. The molecule has 0 spiro atoms. The lowest BCUT2D eigenvalue weighted by atomic mass is 9.94. The summed E-state index contributed by atoms with van der Waals surface area (Å²) in [4.78, 5) is 14.3. The second-order valence-corrected chi connectivity index (χ2v) is 4.63. The molecule has 1 saturated heterocycles. The molecule has 2 heterocycles. The molecule has 0 amide bonds. The second-order valence-electron chi connectivity index (χ2n) is 4.63. The third-order valence-corrected chi connectivity index (χ3v) is 2.99. The molecule has 1 fully saturated rings. The topological polar surface area (TPSA) is 68.7 Å². The predicted octanol–water partition coefficient (Wildman–Crippen LogP) is 2.30. The molecule has 116 valence electrons. The number of aromatic carboxylic acids is 1. The first-order valence-corrected chi connectivity index (χ1v) is 5.87. The second kappa shape index (κ2) is 5.14. The number of alkyl halides is 4. The van der Waals surface area contributed by atoms with E-state index in [9.17, 15) is 22.4 Å². The van der Waals surface area contributed by atoms with Crippen molar-refractivity contribution in [1.29, 1.82) is 0 Å². The summed E-state index contributed by atoms with van der Waals surface area (Å²) in [5.41, 5.74) is -2.81. The summed E-state index contributed by atoms with van der Waals surface area (Å²) < 4.78 is 61.3. The standard InChI is InChI=1S/C12H11F4NO4/c1-6(12(14,15)16)21-9-2-8(10(18)19)17-3-7(9)11(13)4-20-5-11/h2-3,6H,4-5H2,1H3,(H,18,19). The number of carboxylic acids is 1. The van der Waals surface area contributed by atoms with Gasteiger partial charge >= 0.3 is 12.1 Å². The molecule has 21 heavy (non-hydrogen) atoms. The maximum absolute atomic E-state index is 14.3. The highest BCUT2D eigenvalue weighted by Crippen LogP contribution is 2.40. The van der Waals surface area contributed by atoms with Crippen LogP contribution in [-0.2, 0) is 10.4 Å². The molecule has 0 aliphatic carbocycles. The molecule has 1 aromatic rings. The van der Waals surface area contributed by atoms with E-state index < -0.39 is 35.4 Å². The summed E-state index contributed by atoms with van der Waals surface area (Å²) in [6, 6.07) is 0.777. The Balaban J connectivity index is 2.39. The highest BCUT2D eigenvalue weighted by Gasteiger charge is 2.45. The monoisotopic (exact) mass is 309 g/mol. The van der Waals surface area contributed by atoms with Gasteiger partial charge in [0, 0.05) is 12.3 Å². The zero-order valence-electron chi connectivity index (χ0n) is 10.8. The number of hydrogen-bond donors (Lipinski definition) is 1. The van der Waals surface area contributed by atoms with Crippen molar-refractivity contribution < 1.29 is 36.9 Å². The number of carboxylic acid groups (broad SMARTS) is 1. The van der Waals surface area contributed by atoms with E-state index in [4.69, 9.17) is 14.6 Å². The summed E-state index contributed by atoms with van der Waals surface area (Å²) >= 11 is 0. The summed E-state index contributed by atoms with van der Waals surface area (Å²) in [5.74, 6) is -1.96. The Labute approximate surface area is 116 Å². The number of nitrogens with zero attached hydrogens (tertiary/aromatic N) is 1. The Kier molecular flexibility index (Phi) is 3.79. The van der Waals surface area contributed by atoms with Crippen LogP contribution < -0.4 is 4.74 Å². The summed E-state index contributed by atoms with van der Waals surface area (Å²) in [6.45, 7) is 0.0442. The number of ether oxygens (including phenoxy) is 2.